The molecule has 1 aromatic heterocycles. The van der Waals surface area contributed by atoms with Crippen molar-refractivity contribution in [1.29, 1.82) is 0 Å². The fourth-order valence-corrected chi connectivity index (χ4v) is 2.87. The third kappa shape index (κ3) is 4.32. The van der Waals surface area contributed by atoms with Gasteiger partial charge in [0.05, 0.1) is 5.71 Å². The van der Waals surface area contributed by atoms with Crippen molar-refractivity contribution in [2.24, 2.45) is 5.16 Å². The average molecular weight is 333 g/mol. The molecule has 23 heavy (non-hydrogen) atoms. The number of oxime groups is 1. The number of thiophene rings is 1. The predicted octanol–water partition coefficient (Wildman–Crippen LogP) is 3.72. The first-order valence-electron chi connectivity index (χ1n) is 7.27. The van der Waals surface area contributed by atoms with E-state index in [-0.39, 0.29) is 0 Å². The Bertz CT molecular complexity index is 695. The SMILES string of the molecule is CCC(Oc1ccc(C(Cc2ccsc2)=NO)cc1C)C(=O)O. The molecule has 0 spiro atoms. The van der Waals surface area contributed by atoms with Crippen LogP contribution in [0.4, 0.5) is 0 Å². The molecule has 2 N–H and O–H groups in total. The molecule has 1 aromatic carbocycles. The van der Waals surface area contributed by atoms with Crippen LogP contribution in [0, 0.1) is 6.92 Å². The third-order valence-electron chi connectivity index (χ3n) is 3.50. The van der Waals surface area contributed by atoms with Crippen LogP contribution in [0.15, 0.2) is 40.2 Å². The van der Waals surface area contributed by atoms with E-state index in [4.69, 9.17) is 9.84 Å². The molecule has 0 saturated heterocycles. The van der Waals surface area contributed by atoms with Crippen molar-refractivity contribution in [3.8, 4) is 5.75 Å². The first kappa shape index (κ1) is 17.0. The van der Waals surface area contributed by atoms with Crippen LogP contribution in [0.3, 0.4) is 0 Å². The van der Waals surface area contributed by atoms with Gasteiger partial charge in [-0.1, -0.05) is 12.1 Å². The van der Waals surface area contributed by atoms with Crippen LogP contribution in [0.2, 0.25) is 0 Å². The number of carboxylic acid groups (broad SMARTS) is 1. The highest BCUT2D eigenvalue weighted by atomic mass is 32.1. The quantitative estimate of drug-likeness (QED) is 0.460. The van der Waals surface area contributed by atoms with Gasteiger partial charge in [-0.2, -0.15) is 11.3 Å². The molecule has 0 radical (unpaired) electrons. The second-order valence-electron chi connectivity index (χ2n) is 5.19. The molecule has 0 bridgehead atoms. The Balaban J connectivity index is 2.19. The molecule has 1 heterocycles. The Morgan fingerprint density at radius 2 is 2.17 bits per heavy atom. The van der Waals surface area contributed by atoms with Gasteiger partial charge in [0.1, 0.15) is 5.75 Å². The zero-order valence-electron chi connectivity index (χ0n) is 13.0. The van der Waals surface area contributed by atoms with E-state index in [1.54, 1.807) is 30.4 Å². The Morgan fingerprint density at radius 1 is 1.39 bits per heavy atom. The van der Waals surface area contributed by atoms with E-state index < -0.39 is 12.1 Å². The molecule has 5 nitrogen and oxygen atoms in total. The Morgan fingerprint density at radius 3 is 2.70 bits per heavy atom. The predicted molar refractivity (Wildman–Crippen MR) is 89.9 cm³/mol. The van der Waals surface area contributed by atoms with Gasteiger partial charge in [-0.25, -0.2) is 4.79 Å². The number of aryl methyl sites for hydroxylation is 1. The minimum Gasteiger partial charge on any atom is -0.479 e. The molecule has 0 aliphatic rings. The number of rotatable bonds is 7. The number of hydrogen-bond acceptors (Lipinski definition) is 5. The summed E-state index contributed by atoms with van der Waals surface area (Å²) in [4.78, 5) is 11.1. The van der Waals surface area contributed by atoms with E-state index in [0.29, 0.717) is 24.3 Å². The lowest BCUT2D eigenvalue weighted by Crippen LogP contribution is -2.26. The second-order valence-corrected chi connectivity index (χ2v) is 5.97. The summed E-state index contributed by atoms with van der Waals surface area (Å²) in [5.74, 6) is -0.457. The summed E-state index contributed by atoms with van der Waals surface area (Å²) in [7, 11) is 0. The topological polar surface area (TPSA) is 79.1 Å². The van der Waals surface area contributed by atoms with Gasteiger partial charge >= 0.3 is 5.97 Å². The van der Waals surface area contributed by atoms with Crippen molar-refractivity contribution in [3.63, 3.8) is 0 Å². The maximum absolute atomic E-state index is 11.1. The number of aliphatic carboxylic acids is 1. The number of nitrogens with zero attached hydrogens (tertiary/aromatic N) is 1. The summed E-state index contributed by atoms with van der Waals surface area (Å²) in [6.45, 7) is 3.60. The van der Waals surface area contributed by atoms with E-state index in [0.717, 1.165) is 16.7 Å². The highest BCUT2D eigenvalue weighted by molar-refractivity contribution is 7.08. The lowest BCUT2D eigenvalue weighted by molar-refractivity contribution is -0.145. The first-order chi connectivity index (χ1) is 11.0. The average Bonchev–Trinajstić information content (AvgIpc) is 3.04. The van der Waals surface area contributed by atoms with E-state index in [1.165, 1.54) is 0 Å². The highest BCUT2D eigenvalue weighted by Gasteiger charge is 2.18. The molecular formula is C17H19NO4S. The zero-order chi connectivity index (χ0) is 16.8. The number of carboxylic acids is 1. The maximum Gasteiger partial charge on any atom is 0.344 e. The maximum atomic E-state index is 11.1. The van der Waals surface area contributed by atoms with Gasteiger partial charge in [0, 0.05) is 12.0 Å². The van der Waals surface area contributed by atoms with Crippen LogP contribution in [0.25, 0.3) is 0 Å². The van der Waals surface area contributed by atoms with Crippen LogP contribution >= 0.6 is 11.3 Å². The molecule has 0 aliphatic heterocycles. The Labute approximate surface area is 138 Å². The molecular weight excluding hydrogens is 314 g/mol. The van der Waals surface area contributed by atoms with Crippen molar-refractivity contribution in [2.45, 2.75) is 32.8 Å². The molecule has 1 unspecified atom stereocenters. The minimum absolute atomic E-state index is 0.387. The smallest absolute Gasteiger partial charge is 0.344 e. The van der Waals surface area contributed by atoms with Crippen LogP contribution < -0.4 is 4.74 Å². The number of hydrogen-bond donors (Lipinski definition) is 2. The molecule has 0 fully saturated rings. The van der Waals surface area contributed by atoms with Crippen molar-refractivity contribution >= 4 is 23.0 Å². The number of carbonyl (C=O) groups is 1. The Kier molecular flexibility index (Phi) is 5.76. The largest absolute Gasteiger partial charge is 0.479 e. The fourth-order valence-electron chi connectivity index (χ4n) is 2.20. The molecule has 2 aromatic rings. The molecule has 1 atom stereocenters. The van der Waals surface area contributed by atoms with Gasteiger partial charge in [0.2, 0.25) is 0 Å². The van der Waals surface area contributed by atoms with E-state index in [2.05, 4.69) is 5.16 Å². The fraction of sp³-hybridized carbons (Fsp3) is 0.294. The van der Waals surface area contributed by atoms with Gasteiger partial charge < -0.3 is 15.1 Å². The molecule has 0 amide bonds. The first-order valence-corrected chi connectivity index (χ1v) is 8.22. The Hall–Kier alpha value is -2.34. The lowest BCUT2D eigenvalue weighted by Gasteiger charge is -2.16. The van der Waals surface area contributed by atoms with Crippen molar-refractivity contribution in [2.75, 3.05) is 0 Å². The summed E-state index contributed by atoms with van der Waals surface area (Å²) in [6, 6.07) is 7.32. The summed E-state index contributed by atoms with van der Waals surface area (Å²) in [5.41, 5.74) is 3.22. The highest BCUT2D eigenvalue weighted by Crippen LogP contribution is 2.22. The molecule has 122 valence electrons. The van der Waals surface area contributed by atoms with Gasteiger partial charge in [-0.3, -0.25) is 0 Å². The van der Waals surface area contributed by atoms with E-state index in [9.17, 15) is 10.0 Å². The molecule has 6 heteroatoms. The normalized spacial score (nSPS) is 12.9. The van der Waals surface area contributed by atoms with Crippen LogP contribution in [0.5, 0.6) is 5.75 Å². The molecule has 0 aliphatic carbocycles. The van der Waals surface area contributed by atoms with Crippen molar-refractivity contribution < 1.29 is 19.8 Å². The standard InChI is InChI=1S/C17H19NO4S/c1-3-15(17(19)20)22-16-5-4-13(8-11(16)2)14(18-21)9-12-6-7-23-10-12/h4-8,10,15,21H,3,9H2,1-2H3,(H,19,20). The van der Waals surface area contributed by atoms with Crippen molar-refractivity contribution in [3.05, 3.63) is 51.7 Å². The third-order valence-corrected chi connectivity index (χ3v) is 4.23. The summed E-state index contributed by atoms with van der Waals surface area (Å²) in [5, 5.41) is 25.7. The minimum atomic E-state index is -0.981. The summed E-state index contributed by atoms with van der Waals surface area (Å²) in [6.07, 6.45) is 0.0565. The van der Waals surface area contributed by atoms with E-state index in [1.807, 2.05) is 29.8 Å². The van der Waals surface area contributed by atoms with Gasteiger partial charge in [0.15, 0.2) is 6.10 Å². The summed E-state index contributed by atoms with van der Waals surface area (Å²) < 4.78 is 5.53. The zero-order valence-corrected chi connectivity index (χ0v) is 13.8. The van der Waals surface area contributed by atoms with Crippen LogP contribution in [-0.2, 0) is 11.2 Å². The van der Waals surface area contributed by atoms with Gasteiger partial charge in [0.25, 0.3) is 0 Å². The number of ether oxygens (including phenoxy) is 1. The van der Waals surface area contributed by atoms with Crippen LogP contribution in [-0.4, -0.2) is 28.1 Å². The number of benzene rings is 1. The molecule has 2 rings (SSSR count). The van der Waals surface area contributed by atoms with Crippen molar-refractivity contribution in [1.82, 2.24) is 0 Å². The molecule has 0 saturated carbocycles. The monoisotopic (exact) mass is 333 g/mol. The van der Waals surface area contributed by atoms with Gasteiger partial charge in [-0.05, 0) is 59.5 Å². The van der Waals surface area contributed by atoms with E-state index >= 15 is 0 Å². The van der Waals surface area contributed by atoms with Crippen LogP contribution in [0.1, 0.15) is 30.0 Å². The second kappa shape index (κ2) is 7.78. The van der Waals surface area contributed by atoms with Gasteiger partial charge in [-0.15, -0.1) is 0 Å². The summed E-state index contributed by atoms with van der Waals surface area (Å²) >= 11 is 1.59. The lowest BCUT2D eigenvalue weighted by atomic mass is 10.0.